The van der Waals surface area contributed by atoms with E-state index >= 15 is 0 Å². The molecule has 2 atom stereocenters. The van der Waals surface area contributed by atoms with Crippen LogP contribution in [0, 0.1) is 0 Å². The van der Waals surface area contributed by atoms with Crippen molar-refractivity contribution in [2.24, 2.45) is 0 Å². The summed E-state index contributed by atoms with van der Waals surface area (Å²) in [5.41, 5.74) is 1.96. The summed E-state index contributed by atoms with van der Waals surface area (Å²) in [5.74, 6) is 1.11. The summed E-state index contributed by atoms with van der Waals surface area (Å²) in [5, 5.41) is 0. The van der Waals surface area contributed by atoms with Gasteiger partial charge in [0, 0.05) is 18.6 Å². The van der Waals surface area contributed by atoms with Gasteiger partial charge in [0.15, 0.2) is 0 Å². The highest BCUT2D eigenvalue weighted by Crippen LogP contribution is 2.44. The molecule has 0 radical (unpaired) electrons. The van der Waals surface area contributed by atoms with Gasteiger partial charge < -0.3 is 14.2 Å². The van der Waals surface area contributed by atoms with E-state index in [2.05, 4.69) is 0 Å². The molecule has 1 aliphatic rings. The predicted molar refractivity (Wildman–Crippen MR) is 82.2 cm³/mol. The van der Waals surface area contributed by atoms with E-state index in [-0.39, 0.29) is 18.0 Å². The summed E-state index contributed by atoms with van der Waals surface area (Å²) in [4.78, 5) is 11.5. The summed E-state index contributed by atoms with van der Waals surface area (Å²) < 4.78 is 16.7. The van der Waals surface area contributed by atoms with E-state index in [4.69, 9.17) is 14.2 Å². The number of methoxy groups -OCH3 is 1. The van der Waals surface area contributed by atoms with Crippen LogP contribution in [0.2, 0.25) is 0 Å². The Balaban J connectivity index is 2.01. The van der Waals surface area contributed by atoms with Crippen molar-refractivity contribution in [1.29, 1.82) is 0 Å². The highest BCUT2D eigenvalue weighted by Gasteiger charge is 2.34. The second-order valence-corrected chi connectivity index (χ2v) is 5.26. The minimum Gasteiger partial charge on any atom is -0.497 e. The molecule has 22 heavy (non-hydrogen) atoms. The summed E-state index contributed by atoms with van der Waals surface area (Å²) in [7, 11) is 1.61. The quantitative estimate of drug-likeness (QED) is 0.814. The topological polar surface area (TPSA) is 44.8 Å². The van der Waals surface area contributed by atoms with E-state index in [1.54, 1.807) is 7.11 Å². The average Bonchev–Trinajstić information content (AvgIpc) is 2.55. The molecular formula is C18H18O4. The fraction of sp³-hybridized carbons (Fsp3) is 0.278. The molecule has 2 aromatic rings. The van der Waals surface area contributed by atoms with Crippen LogP contribution in [0.1, 0.15) is 30.1 Å². The van der Waals surface area contributed by atoms with Gasteiger partial charge in [-0.2, -0.15) is 0 Å². The average molecular weight is 298 g/mol. The Kier molecular flexibility index (Phi) is 4.00. The standard InChI is InChI=1S/C18H18O4/c1-12(19)22-18-15-9-8-14(20-2)10-17(15)21-11-16(18)13-6-4-3-5-7-13/h3-10,16,18H,11H2,1-2H3/t16-,18-/m0/s1. The molecule has 0 bridgehead atoms. The molecular weight excluding hydrogens is 280 g/mol. The third kappa shape index (κ3) is 2.77. The number of carbonyl (C=O) groups is 1. The highest BCUT2D eigenvalue weighted by molar-refractivity contribution is 5.67. The largest absolute Gasteiger partial charge is 0.497 e. The fourth-order valence-electron chi connectivity index (χ4n) is 2.78. The molecule has 0 saturated heterocycles. The molecule has 1 heterocycles. The predicted octanol–water partition coefficient (Wildman–Crippen LogP) is 3.48. The zero-order valence-electron chi connectivity index (χ0n) is 12.6. The molecule has 1 aliphatic heterocycles. The second-order valence-electron chi connectivity index (χ2n) is 5.26. The summed E-state index contributed by atoms with van der Waals surface area (Å²) in [6, 6.07) is 15.5. The second kappa shape index (κ2) is 6.10. The smallest absolute Gasteiger partial charge is 0.303 e. The molecule has 0 fully saturated rings. The van der Waals surface area contributed by atoms with Crippen LogP contribution in [0.15, 0.2) is 48.5 Å². The first kappa shape index (κ1) is 14.4. The van der Waals surface area contributed by atoms with Gasteiger partial charge in [-0.05, 0) is 17.7 Å². The Labute approximate surface area is 129 Å². The van der Waals surface area contributed by atoms with Crippen molar-refractivity contribution in [3.05, 3.63) is 59.7 Å². The number of carbonyl (C=O) groups excluding carboxylic acids is 1. The van der Waals surface area contributed by atoms with E-state index in [0.29, 0.717) is 12.4 Å². The first-order chi connectivity index (χ1) is 10.7. The van der Waals surface area contributed by atoms with Crippen LogP contribution in [0.25, 0.3) is 0 Å². The monoisotopic (exact) mass is 298 g/mol. The van der Waals surface area contributed by atoms with E-state index in [0.717, 1.165) is 16.9 Å². The van der Waals surface area contributed by atoms with Crippen LogP contribution < -0.4 is 9.47 Å². The van der Waals surface area contributed by atoms with Crippen molar-refractivity contribution in [2.75, 3.05) is 13.7 Å². The number of fused-ring (bicyclic) bond motifs is 1. The minimum absolute atomic E-state index is 0.0222. The maximum absolute atomic E-state index is 11.5. The third-order valence-electron chi connectivity index (χ3n) is 3.83. The van der Waals surface area contributed by atoms with Gasteiger partial charge in [0.05, 0.1) is 19.6 Å². The Morgan fingerprint density at radius 2 is 1.95 bits per heavy atom. The molecule has 4 heteroatoms. The number of ether oxygens (including phenoxy) is 3. The lowest BCUT2D eigenvalue weighted by molar-refractivity contribution is -0.149. The zero-order chi connectivity index (χ0) is 15.5. The highest BCUT2D eigenvalue weighted by atomic mass is 16.6. The first-order valence-corrected chi connectivity index (χ1v) is 7.22. The number of hydrogen-bond acceptors (Lipinski definition) is 4. The summed E-state index contributed by atoms with van der Waals surface area (Å²) >= 11 is 0. The molecule has 0 saturated carbocycles. The van der Waals surface area contributed by atoms with Crippen molar-refractivity contribution in [1.82, 2.24) is 0 Å². The van der Waals surface area contributed by atoms with Crippen molar-refractivity contribution in [3.63, 3.8) is 0 Å². The molecule has 3 rings (SSSR count). The molecule has 114 valence electrons. The van der Waals surface area contributed by atoms with Crippen LogP contribution >= 0.6 is 0 Å². The number of esters is 1. The van der Waals surface area contributed by atoms with Gasteiger partial charge in [-0.15, -0.1) is 0 Å². The van der Waals surface area contributed by atoms with Crippen LogP contribution in [0.5, 0.6) is 11.5 Å². The maximum Gasteiger partial charge on any atom is 0.303 e. The minimum atomic E-state index is -0.352. The Bertz CT molecular complexity index is 666. The number of rotatable bonds is 3. The van der Waals surface area contributed by atoms with E-state index in [1.165, 1.54) is 6.92 Å². The van der Waals surface area contributed by atoms with Gasteiger partial charge in [0.25, 0.3) is 0 Å². The third-order valence-corrected chi connectivity index (χ3v) is 3.83. The first-order valence-electron chi connectivity index (χ1n) is 7.22. The van der Waals surface area contributed by atoms with E-state index < -0.39 is 0 Å². The van der Waals surface area contributed by atoms with Crippen molar-refractivity contribution < 1.29 is 19.0 Å². The lowest BCUT2D eigenvalue weighted by Crippen LogP contribution is -2.27. The molecule has 0 aliphatic carbocycles. The van der Waals surface area contributed by atoms with Crippen molar-refractivity contribution in [3.8, 4) is 11.5 Å². The van der Waals surface area contributed by atoms with Crippen LogP contribution in [-0.4, -0.2) is 19.7 Å². The fourth-order valence-corrected chi connectivity index (χ4v) is 2.78. The number of benzene rings is 2. The summed E-state index contributed by atoms with van der Waals surface area (Å²) in [6.07, 6.45) is -0.352. The Morgan fingerprint density at radius 3 is 2.64 bits per heavy atom. The zero-order valence-corrected chi connectivity index (χ0v) is 12.6. The van der Waals surface area contributed by atoms with Crippen LogP contribution in [0.4, 0.5) is 0 Å². The number of hydrogen-bond donors (Lipinski definition) is 0. The molecule has 2 aromatic carbocycles. The van der Waals surface area contributed by atoms with Gasteiger partial charge in [-0.25, -0.2) is 0 Å². The normalized spacial score (nSPS) is 19.7. The van der Waals surface area contributed by atoms with Crippen molar-refractivity contribution >= 4 is 5.97 Å². The molecule has 4 nitrogen and oxygen atoms in total. The Hall–Kier alpha value is -2.49. The van der Waals surface area contributed by atoms with Crippen molar-refractivity contribution in [2.45, 2.75) is 18.9 Å². The van der Waals surface area contributed by atoms with Gasteiger partial charge in [-0.3, -0.25) is 4.79 Å². The molecule has 0 unspecified atom stereocenters. The van der Waals surface area contributed by atoms with E-state index in [9.17, 15) is 4.79 Å². The van der Waals surface area contributed by atoms with Gasteiger partial charge in [-0.1, -0.05) is 30.3 Å². The van der Waals surface area contributed by atoms with Gasteiger partial charge in [0.2, 0.25) is 0 Å². The summed E-state index contributed by atoms with van der Waals surface area (Å²) in [6.45, 7) is 1.89. The maximum atomic E-state index is 11.5. The molecule has 0 spiro atoms. The van der Waals surface area contributed by atoms with E-state index in [1.807, 2.05) is 48.5 Å². The van der Waals surface area contributed by atoms with Crippen LogP contribution in [-0.2, 0) is 9.53 Å². The van der Waals surface area contributed by atoms with Gasteiger partial charge in [0.1, 0.15) is 17.6 Å². The molecule has 0 amide bonds. The Morgan fingerprint density at radius 1 is 1.18 bits per heavy atom. The lowest BCUT2D eigenvalue weighted by atomic mass is 9.87. The van der Waals surface area contributed by atoms with Crippen LogP contribution in [0.3, 0.4) is 0 Å². The van der Waals surface area contributed by atoms with Gasteiger partial charge >= 0.3 is 5.97 Å². The molecule has 0 N–H and O–H groups in total. The molecule has 0 aromatic heterocycles. The SMILES string of the molecule is COc1ccc2c(c1)OC[C@@H](c1ccccc1)[C@H]2OC(C)=O. The lowest BCUT2D eigenvalue weighted by Gasteiger charge is -2.33.